The van der Waals surface area contributed by atoms with E-state index in [0.717, 1.165) is 22.7 Å². The highest BCUT2D eigenvalue weighted by molar-refractivity contribution is 7.15. The molecule has 0 spiro atoms. The van der Waals surface area contributed by atoms with Gasteiger partial charge in [0.2, 0.25) is 11.0 Å². The van der Waals surface area contributed by atoms with Crippen LogP contribution in [0.15, 0.2) is 48.5 Å². The molecule has 4 rings (SSSR count). The van der Waals surface area contributed by atoms with E-state index in [1.54, 1.807) is 24.3 Å². The topological polar surface area (TPSA) is 101 Å². The van der Waals surface area contributed by atoms with Gasteiger partial charge in [0.1, 0.15) is 10.8 Å². The van der Waals surface area contributed by atoms with Gasteiger partial charge >= 0.3 is 5.97 Å². The van der Waals surface area contributed by atoms with Gasteiger partial charge in [0, 0.05) is 37.1 Å². The molecule has 1 atom stereocenters. The van der Waals surface area contributed by atoms with Crippen molar-refractivity contribution in [2.75, 3.05) is 16.8 Å². The number of anilines is 2. The second-order valence-corrected chi connectivity index (χ2v) is 8.41. The Kier molecular flexibility index (Phi) is 6.27. The minimum absolute atomic E-state index is 0.0598. The fourth-order valence-electron chi connectivity index (χ4n) is 3.64. The van der Waals surface area contributed by atoms with Crippen LogP contribution in [0.5, 0.6) is 5.75 Å². The zero-order valence-corrected chi connectivity index (χ0v) is 18.5. The lowest BCUT2D eigenvalue weighted by Crippen LogP contribution is -2.25. The summed E-state index contributed by atoms with van der Waals surface area (Å²) in [4.78, 5) is 38.0. The molecule has 0 radical (unpaired) electrons. The fraction of sp³-hybridized carbons (Fsp3) is 0.261. The van der Waals surface area contributed by atoms with Gasteiger partial charge in [-0.25, -0.2) is 0 Å². The van der Waals surface area contributed by atoms with E-state index in [0.29, 0.717) is 29.4 Å². The van der Waals surface area contributed by atoms with Crippen molar-refractivity contribution in [2.45, 2.75) is 32.6 Å². The first kappa shape index (κ1) is 21.6. The first-order valence-electron chi connectivity index (χ1n) is 10.3. The van der Waals surface area contributed by atoms with Gasteiger partial charge in [0.25, 0.3) is 5.91 Å². The third kappa shape index (κ3) is 4.67. The standard InChI is InChI=1S/C23H22N4O4S/c1-3-15-6-4-5-7-19(15)27-13-17(12-20(27)29)22-25-26-23(32-22)24-21(30)16-8-10-18(11-9-16)31-14(2)28/h4-11,17H,3,12-13H2,1-2H3,(H,24,26,30)/t17-/m0/s1. The van der Waals surface area contributed by atoms with Gasteiger partial charge in [0.05, 0.1) is 0 Å². The number of carbonyl (C=O) groups is 3. The smallest absolute Gasteiger partial charge is 0.308 e. The molecule has 164 valence electrons. The van der Waals surface area contributed by atoms with E-state index in [2.05, 4.69) is 22.4 Å². The molecular weight excluding hydrogens is 428 g/mol. The van der Waals surface area contributed by atoms with Gasteiger partial charge in [-0.1, -0.05) is 36.5 Å². The molecule has 0 bridgehead atoms. The highest BCUT2D eigenvalue weighted by atomic mass is 32.1. The van der Waals surface area contributed by atoms with Crippen molar-refractivity contribution < 1.29 is 19.1 Å². The number of hydrogen-bond donors (Lipinski definition) is 1. The average Bonchev–Trinajstić information content (AvgIpc) is 3.40. The molecule has 2 amide bonds. The number of nitrogens with one attached hydrogen (secondary N) is 1. The van der Waals surface area contributed by atoms with Crippen LogP contribution in [0.4, 0.5) is 10.8 Å². The van der Waals surface area contributed by atoms with Crippen LogP contribution in [-0.2, 0) is 16.0 Å². The maximum Gasteiger partial charge on any atom is 0.308 e. The molecule has 1 aliphatic heterocycles. The molecule has 1 N–H and O–H groups in total. The number of rotatable bonds is 6. The van der Waals surface area contributed by atoms with Gasteiger partial charge in [0.15, 0.2) is 0 Å². The number of hydrogen-bond acceptors (Lipinski definition) is 7. The monoisotopic (exact) mass is 450 g/mol. The van der Waals surface area contributed by atoms with E-state index in [-0.39, 0.29) is 17.7 Å². The van der Waals surface area contributed by atoms with E-state index < -0.39 is 5.97 Å². The SMILES string of the molecule is CCc1ccccc1N1C[C@@H](c2nnc(NC(=O)c3ccc(OC(C)=O)cc3)s2)CC1=O. The Balaban J connectivity index is 1.42. The molecule has 0 unspecified atom stereocenters. The van der Waals surface area contributed by atoms with Gasteiger partial charge in [-0.15, -0.1) is 10.2 Å². The zero-order valence-electron chi connectivity index (χ0n) is 17.7. The van der Waals surface area contributed by atoms with Crippen LogP contribution in [0, 0.1) is 0 Å². The van der Waals surface area contributed by atoms with Crippen molar-refractivity contribution in [2.24, 2.45) is 0 Å². The molecule has 3 aromatic rings. The Hall–Kier alpha value is -3.59. The molecule has 1 fully saturated rings. The van der Waals surface area contributed by atoms with Crippen molar-refractivity contribution in [3.05, 3.63) is 64.7 Å². The number of para-hydroxylation sites is 1. The van der Waals surface area contributed by atoms with Crippen LogP contribution in [0.3, 0.4) is 0 Å². The summed E-state index contributed by atoms with van der Waals surface area (Å²) in [6.45, 7) is 3.92. The summed E-state index contributed by atoms with van der Waals surface area (Å²) in [5.41, 5.74) is 2.47. The summed E-state index contributed by atoms with van der Waals surface area (Å²) in [5, 5.41) is 12.1. The van der Waals surface area contributed by atoms with Crippen LogP contribution in [-0.4, -0.2) is 34.5 Å². The fourth-order valence-corrected chi connectivity index (χ4v) is 4.47. The summed E-state index contributed by atoms with van der Waals surface area (Å²) in [6.07, 6.45) is 1.21. The lowest BCUT2D eigenvalue weighted by atomic mass is 10.1. The molecule has 0 saturated carbocycles. The van der Waals surface area contributed by atoms with Crippen molar-refractivity contribution in [1.29, 1.82) is 0 Å². The number of benzene rings is 2. The molecule has 2 heterocycles. The van der Waals surface area contributed by atoms with Crippen molar-refractivity contribution in [1.82, 2.24) is 10.2 Å². The minimum atomic E-state index is -0.425. The van der Waals surface area contributed by atoms with Crippen molar-refractivity contribution >= 4 is 39.9 Å². The van der Waals surface area contributed by atoms with Crippen LogP contribution in [0.1, 0.15) is 47.1 Å². The second-order valence-electron chi connectivity index (χ2n) is 7.41. The van der Waals surface area contributed by atoms with Crippen LogP contribution in [0.25, 0.3) is 0 Å². The number of aromatic nitrogens is 2. The van der Waals surface area contributed by atoms with E-state index in [4.69, 9.17) is 4.74 Å². The van der Waals surface area contributed by atoms with Gasteiger partial charge in [-0.05, 0) is 42.3 Å². The van der Waals surface area contributed by atoms with E-state index in [1.165, 1.54) is 18.3 Å². The lowest BCUT2D eigenvalue weighted by molar-refractivity contribution is -0.131. The third-order valence-electron chi connectivity index (χ3n) is 5.18. The molecule has 8 nitrogen and oxygen atoms in total. The third-order valence-corrected chi connectivity index (χ3v) is 6.18. The van der Waals surface area contributed by atoms with Crippen molar-refractivity contribution in [3.8, 4) is 5.75 Å². The molecule has 1 aromatic heterocycles. The van der Waals surface area contributed by atoms with Gasteiger partial charge in [-0.3, -0.25) is 19.7 Å². The van der Waals surface area contributed by atoms with Crippen LogP contribution < -0.4 is 15.0 Å². The molecule has 1 saturated heterocycles. The molecule has 32 heavy (non-hydrogen) atoms. The maximum absolute atomic E-state index is 12.7. The summed E-state index contributed by atoms with van der Waals surface area (Å²) >= 11 is 1.27. The predicted molar refractivity (Wildman–Crippen MR) is 121 cm³/mol. The van der Waals surface area contributed by atoms with Crippen LogP contribution >= 0.6 is 11.3 Å². The number of amides is 2. The largest absolute Gasteiger partial charge is 0.427 e. The number of carbonyl (C=O) groups excluding carboxylic acids is 3. The first-order chi connectivity index (χ1) is 15.4. The predicted octanol–water partition coefficient (Wildman–Crippen LogP) is 3.80. The number of ether oxygens (including phenoxy) is 1. The normalized spacial score (nSPS) is 15.6. The Morgan fingerprint density at radius 2 is 1.91 bits per heavy atom. The maximum atomic E-state index is 12.7. The summed E-state index contributed by atoms with van der Waals surface area (Å²) in [7, 11) is 0. The highest BCUT2D eigenvalue weighted by Crippen LogP contribution is 2.35. The van der Waals surface area contributed by atoms with Gasteiger partial charge < -0.3 is 9.64 Å². The Bertz CT molecular complexity index is 1160. The quantitative estimate of drug-likeness (QED) is 0.453. The molecular formula is C23H22N4O4S. The average molecular weight is 451 g/mol. The van der Waals surface area contributed by atoms with E-state index in [9.17, 15) is 14.4 Å². The van der Waals surface area contributed by atoms with E-state index >= 15 is 0 Å². The first-order valence-corrected chi connectivity index (χ1v) is 11.1. The highest BCUT2D eigenvalue weighted by Gasteiger charge is 2.34. The summed E-state index contributed by atoms with van der Waals surface area (Å²) in [5.74, 6) is -0.413. The second kappa shape index (κ2) is 9.27. The number of nitrogens with zero attached hydrogens (tertiary/aromatic N) is 3. The zero-order chi connectivity index (χ0) is 22.7. The Morgan fingerprint density at radius 3 is 2.62 bits per heavy atom. The molecule has 0 aliphatic carbocycles. The van der Waals surface area contributed by atoms with E-state index in [1.807, 2.05) is 29.2 Å². The van der Waals surface area contributed by atoms with Crippen molar-refractivity contribution in [3.63, 3.8) is 0 Å². The van der Waals surface area contributed by atoms with Crippen LogP contribution in [0.2, 0.25) is 0 Å². The van der Waals surface area contributed by atoms with Gasteiger partial charge in [-0.2, -0.15) is 0 Å². The lowest BCUT2D eigenvalue weighted by Gasteiger charge is -2.19. The number of esters is 1. The Labute approximate surface area is 189 Å². The number of aryl methyl sites for hydroxylation is 1. The summed E-state index contributed by atoms with van der Waals surface area (Å²) in [6, 6.07) is 14.1. The Morgan fingerprint density at radius 1 is 1.16 bits per heavy atom. The molecule has 1 aliphatic rings. The minimum Gasteiger partial charge on any atom is -0.427 e. The summed E-state index contributed by atoms with van der Waals surface area (Å²) < 4.78 is 4.97. The molecule has 2 aromatic carbocycles. The molecule has 9 heteroatoms.